The Morgan fingerprint density at radius 2 is 1.90 bits per heavy atom. The molecule has 3 nitrogen and oxygen atoms in total. The number of rotatable bonds is 4. The number of hydrogen-bond donors (Lipinski definition) is 1. The van der Waals surface area contributed by atoms with Crippen LogP contribution in [-0.2, 0) is 0 Å². The number of hydrogen-bond acceptors (Lipinski definition) is 3. The van der Waals surface area contributed by atoms with Gasteiger partial charge in [0.1, 0.15) is 5.82 Å². The summed E-state index contributed by atoms with van der Waals surface area (Å²) in [4.78, 5) is 9.45. The van der Waals surface area contributed by atoms with Crippen LogP contribution in [0.1, 0.15) is 31.4 Å². The highest BCUT2D eigenvalue weighted by Crippen LogP contribution is 2.44. The van der Waals surface area contributed by atoms with Gasteiger partial charge >= 0.3 is 0 Å². The Morgan fingerprint density at radius 3 is 2.52 bits per heavy atom. The SMILES string of the molecule is CCNc1nc(-c2ccc(Br)c(Br)c2)nc(C2CC2)c1Br. The third-order valence-corrected chi connectivity index (χ3v) is 6.02. The van der Waals surface area contributed by atoms with Gasteiger partial charge in [-0.25, -0.2) is 9.97 Å². The zero-order valence-electron chi connectivity index (χ0n) is 11.5. The Kier molecular flexibility index (Phi) is 4.66. The maximum Gasteiger partial charge on any atom is 0.161 e. The van der Waals surface area contributed by atoms with E-state index in [9.17, 15) is 0 Å². The second kappa shape index (κ2) is 6.34. The van der Waals surface area contributed by atoms with Crippen LogP contribution in [0, 0.1) is 0 Å². The Labute approximate surface area is 149 Å². The molecule has 0 atom stereocenters. The number of nitrogens with zero attached hydrogens (tertiary/aromatic N) is 2. The number of anilines is 1. The molecule has 0 amide bonds. The first-order valence-electron chi connectivity index (χ1n) is 6.87. The highest BCUT2D eigenvalue weighted by Gasteiger charge is 2.29. The van der Waals surface area contributed by atoms with Gasteiger partial charge < -0.3 is 5.32 Å². The molecule has 1 heterocycles. The lowest BCUT2D eigenvalue weighted by molar-refractivity contribution is 0.973. The summed E-state index contributed by atoms with van der Waals surface area (Å²) in [7, 11) is 0. The lowest BCUT2D eigenvalue weighted by Gasteiger charge is -2.12. The van der Waals surface area contributed by atoms with Crippen LogP contribution in [0.5, 0.6) is 0 Å². The van der Waals surface area contributed by atoms with Crippen molar-refractivity contribution in [3.05, 3.63) is 37.3 Å². The molecule has 1 saturated carbocycles. The molecule has 1 aromatic carbocycles. The van der Waals surface area contributed by atoms with Gasteiger partial charge in [0.05, 0.1) is 10.2 Å². The fourth-order valence-electron chi connectivity index (χ4n) is 2.14. The van der Waals surface area contributed by atoms with Crippen molar-refractivity contribution in [2.24, 2.45) is 0 Å². The van der Waals surface area contributed by atoms with Gasteiger partial charge in [-0.1, -0.05) is 0 Å². The maximum absolute atomic E-state index is 4.78. The molecule has 2 aromatic rings. The number of benzene rings is 1. The van der Waals surface area contributed by atoms with Gasteiger partial charge in [-0.2, -0.15) is 0 Å². The van der Waals surface area contributed by atoms with Crippen molar-refractivity contribution in [2.75, 3.05) is 11.9 Å². The van der Waals surface area contributed by atoms with E-state index in [1.807, 2.05) is 18.2 Å². The van der Waals surface area contributed by atoms with Crippen molar-refractivity contribution >= 4 is 53.6 Å². The quantitative estimate of drug-likeness (QED) is 0.612. The number of nitrogens with one attached hydrogen (secondary N) is 1. The van der Waals surface area contributed by atoms with Crippen LogP contribution in [0.4, 0.5) is 5.82 Å². The van der Waals surface area contributed by atoms with Gasteiger partial charge in [-0.15, -0.1) is 0 Å². The Bertz CT molecular complexity index is 684. The molecular formula is C15H14Br3N3. The molecule has 110 valence electrons. The van der Waals surface area contributed by atoms with E-state index in [1.54, 1.807) is 0 Å². The largest absolute Gasteiger partial charge is 0.369 e. The zero-order chi connectivity index (χ0) is 15.0. The second-order valence-electron chi connectivity index (χ2n) is 5.03. The molecule has 1 N–H and O–H groups in total. The van der Waals surface area contributed by atoms with Crippen LogP contribution < -0.4 is 5.32 Å². The fourth-order valence-corrected chi connectivity index (χ4v) is 3.41. The Hall–Kier alpha value is -0.460. The summed E-state index contributed by atoms with van der Waals surface area (Å²) in [6.45, 7) is 2.91. The normalized spacial score (nSPS) is 14.3. The first kappa shape index (κ1) is 15.4. The van der Waals surface area contributed by atoms with E-state index in [1.165, 1.54) is 12.8 Å². The first-order valence-corrected chi connectivity index (χ1v) is 9.24. The van der Waals surface area contributed by atoms with Gasteiger partial charge in [0.2, 0.25) is 0 Å². The lowest BCUT2D eigenvalue weighted by atomic mass is 10.2. The van der Waals surface area contributed by atoms with E-state index in [2.05, 4.69) is 65.0 Å². The topological polar surface area (TPSA) is 37.8 Å². The molecule has 1 aliphatic carbocycles. The molecule has 0 bridgehead atoms. The van der Waals surface area contributed by atoms with E-state index in [4.69, 9.17) is 4.98 Å². The second-order valence-corrected chi connectivity index (χ2v) is 7.53. The summed E-state index contributed by atoms with van der Waals surface area (Å²) in [5, 5.41) is 3.32. The predicted octanol–water partition coefficient (Wildman–Crippen LogP) is 5.74. The van der Waals surface area contributed by atoms with Crippen LogP contribution in [0.15, 0.2) is 31.6 Å². The number of halogens is 3. The summed E-state index contributed by atoms with van der Waals surface area (Å²) in [5.74, 6) is 2.21. The molecular weight excluding hydrogens is 462 g/mol. The van der Waals surface area contributed by atoms with E-state index >= 15 is 0 Å². The molecule has 1 fully saturated rings. The van der Waals surface area contributed by atoms with Gasteiger partial charge in [-0.3, -0.25) is 0 Å². The smallest absolute Gasteiger partial charge is 0.161 e. The Morgan fingerprint density at radius 1 is 1.14 bits per heavy atom. The van der Waals surface area contributed by atoms with E-state index in [-0.39, 0.29) is 0 Å². The van der Waals surface area contributed by atoms with E-state index in [0.717, 1.165) is 42.9 Å². The fraction of sp³-hybridized carbons (Fsp3) is 0.333. The van der Waals surface area contributed by atoms with Crippen LogP contribution in [0.2, 0.25) is 0 Å². The summed E-state index contributed by atoms with van der Waals surface area (Å²) >= 11 is 10.7. The maximum atomic E-state index is 4.78. The molecule has 0 spiro atoms. The van der Waals surface area contributed by atoms with E-state index < -0.39 is 0 Å². The molecule has 3 rings (SSSR count). The van der Waals surface area contributed by atoms with Gasteiger partial charge in [0.15, 0.2) is 5.82 Å². The monoisotopic (exact) mass is 473 g/mol. The van der Waals surface area contributed by atoms with Crippen LogP contribution >= 0.6 is 47.8 Å². The molecule has 1 aliphatic rings. The minimum Gasteiger partial charge on any atom is -0.369 e. The summed E-state index contributed by atoms with van der Waals surface area (Å²) in [6, 6.07) is 6.08. The zero-order valence-corrected chi connectivity index (χ0v) is 16.2. The predicted molar refractivity (Wildman–Crippen MR) is 96.7 cm³/mol. The van der Waals surface area contributed by atoms with Crippen LogP contribution in [0.3, 0.4) is 0 Å². The van der Waals surface area contributed by atoms with Crippen molar-refractivity contribution < 1.29 is 0 Å². The minimum absolute atomic E-state index is 0.567. The van der Waals surface area contributed by atoms with Crippen molar-refractivity contribution in [1.82, 2.24) is 9.97 Å². The van der Waals surface area contributed by atoms with Gasteiger partial charge in [0.25, 0.3) is 0 Å². The van der Waals surface area contributed by atoms with Crippen molar-refractivity contribution in [2.45, 2.75) is 25.7 Å². The highest BCUT2D eigenvalue weighted by molar-refractivity contribution is 9.13. The third-order valence-electron chi connectivity index (χ3n) is 3.36. The van der Waals surface area contributed by atoms with Crippen molar-refractivity contribution in [3.63, 3.8) is 0 Å². The molecule has 0 aliphatic heterocycles. The molecule has 0 radical (unpaired) electrons. The van der Waals surface area contributed by atoms with Crippen molar-refractivity contribution in [3.8, 4) is 11.4 Å². The van der Waals surface area contributed by atoms with Crippen molar-refractivity contribution in [1.29, 1.82) is 0 Å². The molecule has 6 heteroatoms. The average Bonchev–Trinajstić information content (AvgIpc) is 3.29. The third kappa shape index (κ3) is 3.32. The Balaban J connectivity index is 2.10. The number of aromatic nitrogens is 2. The summed E-state index contributed by atoms with van der Waals surface area (Å²) in [6.07, 6.45) is 2.43. The molecule has 0 saturated heterocycles. The average molecular weight is 476 g/mol. The molecule has 1 aromatic heterocycles. The molecule has 21 heavy (non-hydrogen) atoms. The first-order chi connectivity index (χ1) is 10.1. The summed E-state index contributed by atoms with van der Waals surface area (Å²) in [5.41, 5.74) is 2.13. The van der Waals surface area contributed by atoms with Gasteiger partial charge in [-0.05, 0) is 85.8 Å². The standard InChI is InChI=1S/C15H14Br3N3/c1-2-19-15-12(18)13(8-3-4-8)20-14(21-15)9-5-6-10(16)11(17)7-9/h5-8H,2-4H2,1H3,(H,19,20,21). The minimum atomic E-state index is 0.567. The molecule has 0 unspecified atom stereocenters. The van der Waals surface area contributed by atoms with E-state index in [0.29, 0.717) is 5.92 Å². The lowest BCUT2D eigenvalue weighted by Crippen LogP contribution is -2.05. The summed E-state index contributed by atoms with van der Waals surface area (Å²) < 4.78 is 3.04. The highest BCUT2D eigenvalue weighted by atomic mass is 79.9. The van der Waals surface area contributed by atoms with Crippen LogP contribution in [-0.4, -0.2) is 16.5 Å². The van der Waals surface area contributed by atoms with Crippen LogP contribution in [0.25, 0.3) is 11.4 Å². The van der Waals surface area contributed by atoms with Gasteiger partial charge in [0, 0.05) is 27.0 Å².